The molecule has 2 aromatic rings. The van der Waals surface area contributed by atoms with E-state index in [0.29, 0.717) is 28.4 Å². The molecule has 5 nitrogen and oxygen atoms in total. The second-order valence-corrected chi connectivity index (χ2v) is 11.6. The largest absolute Gasteiger partial charge is 0.299 e. The van der Waals surface area contributed by atoms with Gasteiger partial charge in [-0.05, 0) is 42.9 Å². The van der Waals surface area contributed by atoms with Crippen LogP contribution in [0.2, 0.25) is 0 Å². The highest BCUT2D eigenvalue weighted by atomic mass is 32.2. The molecule has 0 spiro atoms. The first-order valence-electron chi connectivity index (χ1n) is 10.3. The fourth-order valence-electron chi connectivity index (χ4n) is 4.64. The number of hydrogen-bond acceptors (Lipinski definition) is 5. The molecule has 1 aliphatic carbocycles. The molecule has 0 bridgehead atoms. The number of nitrogens with one attached hydrogen (secondary N) is 2. The SMILES string of the molecule is CCC(=O)C1(CS(=O)(=O)Nc2ccc(C(=N)c3ccccc3C)s2)CCCC1(C)C. The van der Waals surface area contributed by atoms with Gasteiger partial charge in [0.05, 0.1) is 16.3 Å². The Labute approximate surface area is 183 Å². The van der Waals surface area contributed by atoms with Gasteiger partial charge < -0.3 is 0 Å². The van der Waals surface area contributed by atoms with Crippen molar-refractivity contribution in [1.82, 2.24) is 0 Å². The van der Waals surface area contributed by atoms with Gasteiger partial charge in [-0.15, -0.1) is 11.3 Å². The smallest absolute Gasteiger partial charge is 0.234 e. The number of benzene rings is 1. The van der Waals surface area contributed by atoms with Crippen LogP contribution in [0.1, 0.15) is 62.5 Å². The van der Waals surface area contributed by atoms with Gasteiger partial charge in [-0.2, -0.15) is 0 Å². The van der Waals surface area contributed by atoms with Crippen molar-refractivity contribution in [3.05, 3.63) is 52.4 Å². The van der Waals surface area contributed by atoms with Gasteiger partial charge in [0.25, 0.3) is 0 Å². The molecule has 3 rings (SSSR count). The molecule has 0 aliphatic heterocycles. The lowest BCUT2D eigenvalue weighted by Crippen LogP contribution is -2.46. The van der Waals surface area contributed by atoms with Gasteiger partial charge in [-0.1, -0.05) is 51.5 Å². The van der Waals surface area contributed by atoms with Crippen LogP contribution in [0.4, 0.5) is 5.00 Å². The van der Waals surface area contributed by atoms with Crippen molar-refractivity contribution >= 4 is 37.9 Å². The molecule has 162 valence electrons. The number of sulfonamides is 1. The van der Waals surface area contributed by atoms with Gasteiger partial charge in [0, 0.05) is 17.4 Å². The molecule has 0 saturated heterocycles. The van der Waals surface area contributed by atoms with Gasteiger partial charge in [0.15, 0.2) is 0 Å². The number of aryl methyl sites for hydroxylation is 1. The summed E-state index contributed by atoms with van der Waals surface area (Å²) in [6.07, 6.45) is 2.67. The number of carbonyl (C=O) groups is 1. The highest BCUT2D eigenvalue weighted by Crippen LogP contribution is 2.54. The Hall–Kier alpha value is -1.99. The van der Waals surface area contributed by atoms with Crippen molar-refractivity contribution in [3.63, 3.8) is 0 Å². The first-order valence-corrected chi connectivity index (χ1v) is 12.8. The van der Waals surface area contributed by atoms with Crippen LogP contribution in [0.15, 0.2) is 36.4 Å². The molecule has 1 atom stereocenters. The minimum absolute atomic E-state index is 0.0311. The summed E-state index contributed by atoms with van der Waals surface area (Å²) in [4.78, 5) is 13.5. The highest BCUT2D eigenvalue weighted by molar-refractivity contribution is 7.93. The molecule has 1 aliphatic rings. The Balaban J connectivity index is 1.82. The zero-order valence-electron chi connectivity index (χ0n) is 18.0. The van der Waals surface area contributed by atoms with Crippen molar-refractivity contribution < 1.29 is 13.2 Å². The van der Waals surface area contributed by atoms with E-state index in [2.05, 4.69) is 4.72 Å². The number of ketones is 1. The van der Waals surface area contributed by atoms with Crippen LogP contribution in [0.3, 0.4) is 0 Å². The van der Waals surface area contributed by atoms with Crippen molar-refractivity contribution in [2.75, 3.05) is 10.5 Å². The predicted molar refractivity (Wildman–Crippen MR) is 124 cm³/mol. The van der Waals surface area contributed by atoms with Crippen molar-refractivity contribution in [2.45, 2.75) is 53.4 Å². The van der Waals surface area contributed by atoms with Crippen molar-refractivity contribution in [1.29, 1.82) is 5.41 Å². The Morgan fingerprint density at radius 2 is 1.87 bits per heavy atom. The topological polar surface area (TPSA) is 87.1 Å². The van der Waals surface area contributed by atoms with Gasteiger partial charge >= 0.3 is 0 Å². The Bertz CT molecular complexity index is 1070. The average Bonchev–Trinajstić information content (AvgIpc) is 3.24. The lowest BCUT2D eigenvalue weighted by atomic mass is 9.66. The third-order valence-electron chi connectivity index (χ3n) is 6.52. The molecule has 2 N–H and O–H groups in total. The summed E-state index contributed by atoms with van der Waals surface area (Å²) >= 11 is 1.24. The van der Waals surface area contributed by atoms with E-state index >= 15 is 0 Å². The summed E-state index contributed by atoms with van der Waals surface area (Å²) < 4.78 is 28.8. The van der Waals surface area contributed by atoms with Crippen LogP contribution < -0.4 is 4.72 Å². The number of rotatable bonds is 8. The molecule has 1 unspecified atom stereocenters. The first kappa shape index (κ1) is 22.7. The van der Waals surface area contributed by atoms with E-state index in [-0.39, 0.29) is 17.0 Å². The minimum Gasteiger partial charge on any atom is -0.299 e. The van der Waals surface area contributed by atoms with E-state index in [9.17, 15) is 13.2 Å². The van der Waals surface area contributed by atoms with Crippen LogP contribution in [0, 0.1) is 23.2 Å². The van der Waals surface area contributed by atoms with E-state index in [1.165, 1.54) is 11.3 Å². The Morgan fingerprint density at radius 3 is 2.47 bits per heavy atom. The van der Waals surface area contributed by atoms with E-state index in [1.54, 1.807) is 19.1 Å². The van der Waals surface area contributed by atoms with Crippen LogP contribution in [0.5, 0.6) is 0 Å². The molecule has 0 amide bonds. The zero-order chi connectivity index (χ0) is 22.2. The maximum Gasteiger partial charge on any atom is 0.234 e. The van der Waals surface area contributed by atoms with Gasteiger partial charge in [0.2, 0.25) is 10.0 Å². The summed E-state index contributed by atoms with van der Waals surface area (Å²) in [6.45, 7) is 7.78. The molecule has 30 heavy (non-hydrogen) atoms. The standard InChI is InChI=1S/C23H30N2O3S2/c1-5-19(26)23(14-8-13-22(23,3)4)15-30(27,28)25-20-12-11-18(29-20)21(24)17-10-7-6-9-16(17)2/h6-7,9-12,24-25H,5,8,13-15H2,1-4H3. The second-order valence-electron chi connectivity index (χ2n) is 8.81. The molecule has 0 radical (unpaired) electrons. The summed E-state index contributed by atoms with van der Waals surface area (Å²) in [5.41, 5.74) is 1.01. The normalized spacial score (nSPS) is 20.8. The molecule has 1 fully saturated rings. The third kappa shape index (κ3) is 4.23. The fraction of sp³-hybridized carbons (Fsp3) is 0.478. The summed E-state index contributed by atoms with van der Waals surface area (Å²) in [6, 6.07) is 11.1. The number of carbonyl (C=O) groups excluding carboxylic acids is 1. The summed E-state index contributed by atoms with van der Waals surface area (Å²) in [5.74, 6) is -0.161. The minimum atomic E-state index is -3.72. The van der Waals surface area contributed by atoms with E-state index in [4.69, 9.17) is 5.41 Å². The van der Waals surface area contributed by atoms with Gasteiger partial charge in [-0.3, -0.25) is 14.9 Å². The van der Waals surface area contributed by atoms with E-state index < -0.39 is 15.4 Å². The summed E-state index contributed by atoms with van der Waals surface area (Å²) in [7, 11) is -3.72. The quantitative estimate of drug-likeness (QED) is 0.533. The first-order chi connectivity index (χ1) is 14.0. The number of Topliss-reactive ketones (excluding diaryl/α,β-unsaturated/α-hetero) is 1. The predicted octanol–water partition coefficient (Wildman–Crippen LogP) is 5.39. The number of anilines is 1. The molecule has 7 heteroatoms. The zero-order valence-corrected chi connectivity index (χ0v) is 19.7. The van der Waals surface area contributed by atoms with Crippen LogP contribution in [0.25, 0.3) is 0 Å². The Kier molecular flexibility index (Phi) is 6.25. The maximum atomic E-state index is 13.1. The number of hydrogen-bond donors (Lipinski definition) is 2. The van der Waals surface area contributed by atoms with Crippen LogP contribution in [-0.2, 0) is 14.8 Å². The molecule has 1 aromatic carbocycles. The van der Waals surface area contributed by atoms with Crippen molar-refractivity contribution in [2.24, 2.45) is 10.8 Å². The lowest BCUT2D eigenvalue weighted by Gasteiger charge is -2.39. The lowest BCUT2D eigenvalue weighted by molar-refractivity contribution is -0.132. The molecule has 1 heterocycles. The van der Waals surface area contributed by atoms with Gasteiger partial charge in [-0.25, -0.2) is 8.42 Å². The highest BCUT2D eigenvalue weighted by Gasteiger charge is 2.55. The summed E-state index contributed by atoms with van der Waals surface area (Å²) in [5, 5.41) is 8.96. The van der Waals surface area contributed by atoms with Crippen molar-refractivity contribution in [3.8, 4) is 0 Å². The average molecular weight is 447 g/mol. The van der Waals surface area contributed by atoms with Crippen LogP contribution in [-0.4, -0.2) is 25.7 Å². The van der Waals surface area contributed by atoms with E-state index in [0.717, 1.165) is 24.0 Å². The van der Waals surface area contributed by atoms with E-state index in [1.807, 2.05) is 45.0 Å². The molecular weight excluding hydrogens is 416 g/mol. The van der Waals surface area contributed by atoms with Crippen LogP contribution >= 0.6 is 11.3 Å². The Morgan fingerprint density at radius 1 is 1.17 bits per heavy atom. The van der Waals surface area contributed by atoms with Gasteiger partial charge in [0.1, 0.15) is 10.8 Å². The number of thiophene rings is 1. The monoisotopic (exact) mass is 446 g/mol. The molecule has 1 aromatic heterocycles. The third-order valence-corrected chi connectivity index (χ3v) is 9.07. The fourth-order valence-corrected chi connectivity index (χ4v) is 7.70. The second kappa shape index (κ2) is 8.27. The molecular formula is C23H30N2O3S2. The maximum absolute atomic E-state index is 13.1. The molecule has 1 saturated carbocycles.